The van der Waals surface area contributed by atoms with Gasteiger partial charge in [-0.15, -0.1) is 0 Å². The molecule has 0 aliphatic carbocycles. The van der Waals surface area contributed by atoms with Crippen molar-refractivity contribution < 1.29 is 9.13 Å². The molecule has 1 nitrogen and oxygen atoms in total. The third-order valence-electron chi connectivity index (χ3n) is 0.188. The Morgan fingerprint density at radius 1 is 1.80 bits per heavy atom. The van der Waals surface area contributed by atoms with Crippen LogP contribution in [-0.4, -0.2) is 7.11 Å². The summed E-state index contributed by atoms with van der Waals surface area (Å²) in [6.45, 7) is 0. The molecular weight excluding hydrogens is 71.0 g/mol. The third-order valence-corrected chi connectivity index (χ3v) is 0.188. The molecule has 0 saturated carbocycles. The molecule has 0 atom stereocenters. The molecule has 0 aliphatic rings. The molecule has 0 bridgehead atoms. The van der Waals surface area contributed by atoms with Gasteiger partial charge in [-0.2, -0.15) is 0 Å². The molecule has 0 aromatic heterocycles. The van der Waals surface area contributed by atoms with Crippen LogP contribution in [0.1, 0.15) is 0 Å². The number of hydrogen-bond donors (Lipinski definition) is 0. The lowest BCUT2D eigenvalue weighted by molar-refractivity contribution is 0.330. The van der Waals surface area contributed by atoms with E-state index in [2.05, 4.69) is 4.74 Å². The summed E-state index contributed by atoms with van der Waals surface area (Å²) in [6.07, 6.45) is 1.29. The van der Waals surface area contributed by atoms with E-state index in [1.807, 2.05) is 0 Å². The standard InChI is InChI=1S/C3H5FO/c1-5-3-2-4/h2-3H,1H3/b3-2+. The van der Waals surface area contributed by atoms with Gasteiger partial charge in [0.2, 0.25) is 0 Å². The Hall–Kier alpha value is -0.530. The average molecular weight is 76.1 g/mol. The molecule has 0 radical (unpaired) electrons. The molecule has 0 heterocycles. The Morgan fingerprint density at radius 3 is 2.40 bits per heavy atom. The molecule has 30 valence electrons. The van der Waals surface area contributed by atoms with Gasteiger partial charge in [0.15, 0.2) is 0 Å². The number of rotatable bonds is 1. The molecule has 0 aromatic carbocycles. The Bertz CT molecular complexity index is 33.9. The van der Waals surface area contributed by atoms with Crippen molar-refractivity contribution in [1.29, 1.82) is 0 Å². The molecular formula is C3H5FO. The van der Waals surface area contributed by atoms with Gasteiger partial charge in [-0.25, -0.2) is 4.39 Å². The Labute approximate surface area is 30.1 Å². The van der Waals surface area contributed by atoms with Crippen LogP contribution in [0.15, 0.2) is 12.6 Å². The van der Waals surface area contributed by atoms with E-state index in [0.29, 0.717) is 6.33 Å². The van der Waals surface area contributed by atoms with Crippen molar-refractivity contribution in [3.63, 3.8) is 0 Å². The van der Waals surface area contributed by atoms with E-state index in [9.17, 15) is 4.39 Å². The fourth-order valence-corrected chi connectivity index (χ4v) is 0.0514. The van der Waals surface area contributed by atoms with Crippen LogP contribution in [0.25, 0.3) is 0 Å². The Balaban J connectivity index is 2.62. The van der Waals surface area contributed by atoms with Crippen molar-refractivity contribution in [2.45, 2.75) is 0 Å². The zero-order chi connectivity index (χ0) is 4.12. The van der Waals surface area contributed by atoms with Gasteiger partial charge in [-0.05, 0) is 0 Å². The van der Waals surface area contributed by atoms with Gasteiger partial charge in [0.1, 0.15) is 12.6 Å². The third kappa shape index (κ3) is 3.47. The van der Waals surface area contributed by atoms with Gasteiger partial charge in [0, 0.05) is 0 Å². The second-order valence-corrected chi connectivity index (χ2v) is 0.498. The fraction of sp³-hybridized carbons (Fsp3) is 0.333. The minimum Gasteiger partial charge on any atom is -0.502 e. The van der Waals surface area contributed by atoms with Crippen LogP contribution in [0.4, 0.5) is 4.39 Å². The second kappa shape index (κ2) is 3.47. The largest absolute Gasteiger partial charge is 0.502 e. The van der Waals surface area contributed by atoms with Gasteiger partial charge in [-0.3, -0.25) is 0 Å². The van der Waals surface area contributed by atoms with Crippen LogP contribution < -0.4 is 0 Å². The van der Waals surface area contributed by atoms with Crippen molar-refractivity contribution in [3.05, 3.63) is 12.6 Å². The van der Waals surface area contributed by atoms with Crippen LogP contribution >= 0.6 is 0 Å². The smallest absolute Gasteiger partial charge is 0.121 e. The van der Waals surface area contributed by atoms with E-state index in [4.69, 9.17) is 0 Å². The highest BCUT2D eigenvalue weighted by Gasteiger charge is 1.51. The first kappa shape index (κ1) is 4.47. The molecule has 0 N–H and O–H groups in total. The Morgan fingerprint density at radius 2 is 2.40 bits per heavy atom. The van der Waals surface area contributed by atoms with Crippen LogP contribution in [-0.2, 0) is 4.74 Å². The molecule has 0 unspecified atom stereocenters. The fourth-order valence-electron chi connectivity index (χ4n) is 0.0514. The highest BCUT2D eigenvalue weighted by Crippen LogP contribution is 1.68. The van der Waals surface area contributed by atoms with Crippen LogP contribution in [0.5, 0.6) is 0 Å². The van der Waals surface area contributed by atoms with Crippen molar-refractivity contribution in [1.82, 2.24) is 0 Å². The zero-order valence-electron chi connectivity index (χ0n) is 2.94. The minimum absolute atomic E-state index is 0.333. The lowest BCUT2D eigenvalue weighted by Crippen LogP contribution is -1.57. The lowest BCUT2D eigenvalue weighted by Gasteiger charge is -1.74. The van der Waals surface area contributed by atoms with E-state index >= 15 is 0 Å². The van der Waals surface area contributed by atoms with Gasteiger partial charge in [-0.1, -0.05) is 0 Å². The molecule has 0 aliphatic heterocycles. The van der Waals surface area contributed by atoms with Crippen molar-refractivity contribution >= 4 is 0 Å². The molecule has 5 heavy (non-hydrogen) atoms. The average Bonchev–Trinajstić information content (AvgIpc) is 1.41. The quantitative estimate of drug-likeness (QED) is 0.424. The topological polar surface area (TPSA) is 9.23 Å². The molecule has 2 heteroatoms. The van der Waals surface area contributed by atoms with E-state index in [1.165, 1.54) is 7.11 Å². The summed E-state index contributed by atoms with van der Waals surface area (Å²) in [5.41, 5.74) is 0. The molecule has 0 fully saturated rings. The Kier molecular flexibility index (Phi) is 3.10. The summed E-state index contributed by atoms with van der Waals surface area (Å²) in [5, 5.41) is 0. The first-order valence-electron chi connectivity index (χ1n) is 1.20. The molecule has 0 spiro atoms. The van der Waals surface area contributed by atoms with Crippen LogP contribution in [0.2, 0.25) is 0 Å². The SMILES string of the molecule is CO/C=C/F. The molecule has 0 aromatic rings. The number of hydrogen-bond acceptors (Lipinski definition) is 1. The number of methoxy groups -OCH3 is 1. The molecule has 0 amide bonds. The maximum Gasteiger partial charge on any atom is 0.121 e. The predicted octanol–water partition coefficient (Wildman–Crippen LogP) is 1.07. The first-order valence-corrected chi connectivity index (χ1v) is 1.20. The van der Waals surface area contributed by atoms with Crippen LogP contribution in [0.3, 0.4) is 0 Å². The van der Waals surface area contributed by atoms with Gasteiger partial charge < -0.3 is 4.74 Å². The van der Waals surface area contributed by atoms with E-state index in [-0.39, 0.29) is 0 Å². The van der Waals surface area contributed by atoms with E-state index in [1.54, 1.807) is 0 Å². The molecule has 0 rings (SSSR count). The van der Waals surface area contributed by atoms with Gasteiger partial charge >= 0.3 is 0 Å². The number of halogens is 1. The zero-order valence-corrected chi connectivity index (χ0v) is 2.94. The monoisotopic (exact) mass is 76.0 g/mol. The molecule has 0 saturated heterocycles. The van der Waals surface area contributed by atoms with Gasteiger partial charge in [0.05, 0.1) is 7.11 Å². The maximum atomic E-state index is 10.7. The highest BCUT2D eigenvalue weighted by molar-refractivity contribution is 4.54. The normalized spacial score (nSPS) is 9.20. The van der Waals surface area contributed by atoms with Crippen LogP contribution in [0, 0.1) is 0 Å². The predicted molar refractivity (Wildman–Crippen MR) is 17.3 cm³/mol. The van der Waals surface area contributed by atoms with E-state index < -0.39 is 0 Å². The summed E-state index contributed by atoms with van der Waals surface area (Å²) in [6, 6.07) is 0. The second-order valence-electron chi connectivity index (χ2n) is 0.498. The summed E-state index contributed by atoms with van der Waals surface area (Å²) in [7, 11) is 1.38. The summed E-state index contributed by atoms with van der Waals surface area (Å²) in [4.78, 5) is 0. The van der Waals surface area contributed by atoms with Gasteiger partial charge in [0.25, 0.3) is 0 Å². The van der Waals surface area contributed by atoms with Crippen molar-refractivity contribution in [3.8, 4) is 0 Å². The maximum absolute atomic E-state index is 10.7. The summed E-state index contributed by atoms with van der Waals surface area (Å²) in [5.74, 6) is 0. The highest BCUT2D eigenvalue weighted by atomic mass is 19.1. The van der Waals surface area contributed by atoms with Crippen molar-refractivity contribution in [2.75, 3.05) is 7.11 Å². The first-order chi connectivity index (χ1) is 2.41. The lowest BCUT2D eigenvalue weighted by atomic mass is 11.1. The minimum atomic E-state index is 0.333. The summed E-state index contributed by atoms with van der Waals surface area (Å²) >= 11 is 0. The van der Waals surface area contributed by atoms with E-state index in [0.717, 1.165) is 6.26 Å². The summed E-state index contributed by atoms with van der Waals surface area (Å²) < 4.78 is 14.8. The number of ether oxygens (including phenoxy) is 1. The van der Waals surface area contributed by atoms with Crippen molar-refractivity contribution in [2.24, 2.45) is 0 Å².